The standard InChI is InChI=1S/C18H25N3O4S/c1-6-21(7-2)26(23,24)15-9-8-12(3)16(10-15)18(22)19-11-17-13(4)20-25-14(17)5/h8-10H,6-7,11H2,1-5H3,(H,19,22). The Morgan fingerprint density at radius 2 is 1.85 bits per heavy atom. The number of nitrogens with one attached hydrogen (secondary N) is 1. The molecule has 0 saturated heterocycles. The quantitative estimate of drug-likeness (QED) is 0.798. The first-order valence-electron chi connectivity index (χ1n) is 8.53. The van der Waals surface area contributed by atoms with Crippen LogP contribution >= 0.6 is 0 Å². The van der Waals surface area contributed by atoms with E-state index in [9.17, 15) is 13.2 Å². The monoisotopic (exact) mass is 379 g/mol. The van der Waals surface area contributed by atoms with Gasteiger partial charge in [-0.3, -0.25) is 4.79 Å². The number of carbonyl (C=O) groups excluding carboxylic acids is 1. The number of amides is 1. The van der Waals surface area contributed by atoms with E-state index in [4.69, 9.17) is 4.52 Å². The van der Waals surface area contributed by atoms with E-state index >= 15 is 0 Å². The summed E-state index contributed by atoms with van der Waals surface area (Å²) in [5.41, 5.74) is 2.59. The molecule has 0 aliphatic carbocycles. The van der Waals surface area contributed by atoms with Crippen LogP contribution in [-0.2, 0) is 16.6 Å². The Labute approximate surface area is 154 Å². The molecule has 0 atom stereocenters. The Kier molecular flexibility index (Phi) is 6.20. The number of hydrogen-bond acceptors (Lipinski definition) is 5. The molecule has 0 unspecified atom stereocenters. The zero-order valence-electron chi connectivity index (χ0n) is 15.8. The molecule has 1 aromatic carbocycles. The summed E-state index contributed by atoms with van der Waals surface area (Å²) in [4.78, 5) is 12.7. The van der Waals surface area contributed by atoms with Gasteiger partial charge in [0.05, 0.1) is 10.6 Å². The van der Waals surface area contributed by atoms with Crippen molar-refractivity contribution in [1.82, 2.24) is 14.8 Å². The molecule has 0 aliphatic rings. The van der Waals surface area contributed by atoms with Crippen molar-refractivity contribution in [3.8, 4) is 0 Å². The first-order chi connectivity index (χ1) is 12.2. The third kappa shape index (κ3) is 3.96. The second-order valence-electron chi connectivity index (χ2n) is 6.05. The molecule has 2 rings (SSSR count). The van der Waals surface area contributed by atoms with Gasteiger partial charge in [0.2, 0.25) is 10.0 Å². The molecule has 26 heavy (non-hydrogen) atoms. The van der Waals surface area contributed by atoms with Gasteiger partial charge in [0.25, 0.3) is 5.91 Å². The normalized spacial score (nSPS) is 11.8. The van der Waals surface area contributed by atoms with Crippen molar-refractivity contribution in [2.75, 3.05) is 13.1 Å². The van der Waals surface area contributed by atoms with E-state index < -0.39 is 10.0 Å². The lowest BCUT2D eigenvalue weighted by Gasteiger charge is -2.19. The molecule has 0 spiro atoms. The van der Waals surface area contributed by atoms with Gasteiger partial charge in [0.1, 0.15) is 5.76 Å². The molecule has 1 amide bonds. The Hall–Kier alpha value is -2.19. The SMILES string of the molecule is CCN(CC)S(=O)(=O)c1ccc(C)c(C(=O)NCc2c(C)noc2C)c1. The van der Waals surface area contributed by atoms with Gasteiger partial charge in [-0.25, -0.2) is 8.42 Å². The highest BCUT2D eigenvalue weighted by atomic mass is 32.2. The summed E-state index contributed by atoms with van der Waals surface area (Å²) in [7, 11) is -3.62. The van der Waals surface area contributed by atoms with Gasteiger partial charge in [-0.15, -0.1) is 0 Å². The number of carbonyl (C=O) groups is 1. The van der Waals surface area contributed by atoms with Gasteiger partial charge in [-0.2, -0.15) is 4.31 Å². The maximum atomic E-state index is 12.7. The molecule has 0 fully saturated rings. The van der Waals surface area contributed by atoms with E-state index in [1.165, 1.54) is 16.4 Å². The number of sulfonamides is 1. The van der Waals surface area contributed by atoms with Gasteiger partial charge >= 0.3 is 0 Å². The van der Waals surface area contributed by atoms with Crippen molar-refractivity contribution >= 4 is 15.9 Å². The molecule has 1 aromatic heterocycles. The van der Waals surface area contributed by atoms with Crippen molar-refractivity contribution in [2.24, 2.45) is 0 Å². The molecule has 0 bridgehead atoms. The number of aromatic nitrogens is 1. The van der Waals surface area contributed by atoms with Crippen LogP contribution in [0, 0.1) is 20.8 Å². The predicted molar refractivity (Wildman–Crippen MR) is 98.4 cm³/mol. The largest absolute Gasteiger partial charge is 0.361 e. The molecular formula is C18H25N3O4S. The Bertz CT molecular complexity index is 880. The molecule has 142 valence electrons. The Balaban J connectivity index is 2.28. The highest BCUT2D eigenvalue weighted by Gasteiger charge is 2.23. The molecule has 0 saturated carbocycles. The zero-order chi connectivity index (χ0) is 19.5. The average molecular weight is 379 g/mol. The maximum absolute atomic E-state index is 12.7. The summed E-state index contributed by atoms with van der Waals surface area (Å²) in [6.45, 7) is 9.95. The highest BCUT2D eigenvalue weighted by Crippen LogP contribution is 2.20. The lowest BCUT2D eigenvalue weighted by atomic mass is 10.1. The summed E-state index contributed by atoms with van der Waals surface area (Å²) >= 11 is 0. The Morgan fingerprint density at radius 3 is 2.38 bits per heavy atom. The average Bonchev–Trinajstić information content (AvgIpc) is 2.92. The van der Waals surface area contributed by atoms with Crippen molar-refractivity contribution < 1.29 is 17.7 Å². The summed E-state index contributed by atoms with van der Waals surface area (Å²) in [6.07, 6.45) is 0. The zero-order valence-corrected chi connectivity index (χ0v) is 16.6. The lowest BCUT2D eigenvalue weighted by Crippen LogP contribution is -2.31. The molecule has 1 heterocycles. The van der Waals surface area contributed by atoms with E-state index in [0.29, 0.717) is 30.0 Å². The van der Waals surface area contributed by atoms with Gasteiger partial charge < -0.3 is 9.84 Å². The summed E-state index contributed by atoms with van der Waals surface area (Å²) in [5, 5.41) is 6.67. The molecular weight excluding hydrogens is 354 g/mol. The van der Waals surface area contributed by atoms with Crippen LogP contribution in [0.25, 0.3) is 0 Å². The van der Waals surface area contributed by atoms with Crippen LogP contribution in [0.15, 0.2) is 27.6 Å². The summed E-state index contributed by atoms with van der Waals surface area (Å²) in [5.74, 6) is 0.316. The first-order valence-corrected chi connectivity index (χ1v) is 9.97. The molecule has 7 nitrogen and oxygen atoms in total. The van der Waals surface area contributed by atoms with Crippen LogP contribution in [-0.4, -0.2) is 36.9 Å². The first kappa shape index (κ1) is 20.1. The molecule has 2 aromatic rings. The van der Waals surface area contributed by atoms with Gasteiger partial charge in [-0.1, -0.05) is 25.1 Å². The van der Waals surface area contributed by atoms with E-state index in [-0.39, 0.29) is 17.3 Å². The van der Waals surface area contributed by atoms with Gasteiger partial charge in [0, 0.05) is 30.8 Å². The van der Waals surface area contributed by atoms with Crippen molar-refractivity contribution in [3.63, 3.8) is 0 Å². The second-order valence-corrected chi connectivity index (χ2v) is 7.99. The highest BCUT2D eigenvalue weighted by molar-refractivity contribution is 7.89. The fourth-order valence-corrected chi connectivity index (χ4v) is 4.22. The van der Waals surface area contributed by atoms with E-state index in [2.05, 4.69) is 10.5 Å². The maximum Gasteiger partial charge on any atom is 0.251 e. The topological polar surface area (TPSA) is 92.5 Å². The van der Waals surface area contributed by atoms with Crippen molar-refractivity contribution in [3.05, 3.63) is 46.3 Å². The van der Waals surface area contributed by atoms with E-state index in [1.54, 1.807) is 40.7 Å². The van der Waals surface area contributed by atoms with E-state index in [1.807, 2.05) is 0 Å². The third-order valence-corrected chi connectivity index (χ3v) is 6.45. The fourth-order valence-electron chi connectivity index (χ4n) is 2.74. The Morgan fingerprint density at radius 1 is 1.19 bits per heavy atom. The van der Waals surface area contributed by atoms with Crippen LogP contribution in [0.2, 0.25) is 0 Å². The van der Waals surface area contributed by atoms with Gasteiger partial charge in [-0.05, 0) is 38.5 Å². The molecule has 0 radical (unpaired) electrons. The molecule has 0 aliphatic heterocycles. The number of aryl methyl sites for hydroxylation is 3. The van der Waals surface area contributed by atoms with Crippen LogP contribution in [0.3, 0.4) is 0 Å². The minimum Gasteiger partial charge on any atom is -0.361 e. The number of benzene rings is 1. The number of rotatable bonds is 7. The lowest BCUT2D eigenvalue weighted by molar-refractivity contribution is 0.0950. The van der Waals surface area contributed by atoms with Crippen LogP contribution in [0.5, 0.6) is 0 Å². The van der Waals surface area contributed by atoms with Crippen molar-refractivity contribution in [2.45, 2.75) is 46.1 Å². The summed E-state index contributed by atoms with van der Waals surface area (Å²) in [6, 6.07) is 4.63. The van der Waals surface area contributed by atoms with Gasteiger partial charge in [0.15, 0.2) is 0 Å². The number of hydrogen-bond donors (Lipinski definition) is 1. The summed E-state index contributed by atoms with van der Waals surface area (Å²) < 4.78 is 31.8. The number of nitrogens with zero attached hydrogens (tertiary/aromatic N) is 2. The van der Waals surface area contributed by atoms with Crippen molar-refractivity contribution in [1.29, 1.82) is 0 Å². The smallest absolute Gasteiger partial charge is 0.251 e. The molecule has 8 heteroatoms. The fraction of sp³-hybridized carbons (Fsp3) is 0.444. The third-order valence-electron chi connectivity index (χ3n) is 4.40. The van der Waals surface area contributed by atoms with E-state index in [0.717, 1.165) is 11.3 Å². The second kappa shape index (κ2) is 8.01. The van der Waals surface area contributed by atoms with Crippen LogP contribution in [0.4, 0.5) is 0 Å². The van der Waals surface area contributed by atoms with Crippen LogP contribution < -0.4 is 5.32 Å². The minimum absolute atomic E-state index is 0.120. The minimum atomic E-state index is -3.62. The predicted octanol–water partition coefficient (Wildman–Crippen LogP) is 2.56. The van der Waals surface area contributed by atoms with Crippen LogP contribution in [0.1, 0.15) is 46.8 Å². The molecule has 1 N–H and O–H groups in total.